The topological polar surface area (TPSA) is 3.24 Å². The summed E-state index contributed by atoms with van der Waals surface area (Å²) in [6.07, 6.45) is 2.41. The molecule has 0 aliphatic carbocycles. The molecular weight excluding hydrogens is 322 g/mol. The molecule has 2 atom stereocenters. The van der Waals surface area contributed by atoms with Gasteiger partial charge in [0, 0.05) is 5.25 Å². The second kappa shape index (κ2) is 7.74. The van der Waals surface area contributed by atoms with Crippen molar-refractivity contribution < 1.29 is 0 Å². The minimum atomic E-state index is 0. The molecule has 0 aromatic heterocycles. The quantitative estimate of drug-likeness (QED) is 0.702. The lowest BCUT2D eigenvalue weighted by molar-refractivity contribution is 0.386. The minimum absolute atomic E-state index is 0. The number of fused-ring (bicyclic) bond motifs is 1. The van der Waals surface area contributed by atoms with Crippen LogP contribution in [0, 0.1) is 0 Å². The second-order valence-corrected chi connectivity index (χ2v) is 8.09. The van der Waals surface area contributed by atoms with Gasteiger partial charge in [-0.2, -0.15) is 0 Å². The van der Waals surface area contributed by atoms with E-state index in [2.05, 4.69) is 92.3 Å². The van der Waals surface area contributed by atoms with Crippen molar-refractivity contribution in [3.8, 4) is 0 Å². The van der Waals surface area contributed by atoms with E-state index >= 15 is 0 Å². The van der Waals surface area contributed by atoms with Crippen molar-refractivity contribution >= 4 is 24.2 Å². The molecule has 1 nitrogen and oxygen atoms in total. The van der Waals surface area contributed by atoms with Crippen molar-refractivity contribution in [3.05, 3.63) is 71.3 Å². The summed E-state index contributed by atoms with van der Waals surface area (Å²) in [5, 5.41) is 0.566. The molecule has 0 bridgehead atoms. The molecule has 0 amide bonds. The Labute approximate surface area is 150 Å². The van der Waals surface area contributed by atoms with Gasteiger partial charge in [-0.1, -0.05) is 54.6 Å². The molecule has 23 heavy (non-hydrogen) atoms. The summed E-state index contributed by atoms with van der Waals surface area (Å²) in [6.45, 7) is 3.49. The number of hydrogen-bond donors (Lipinski definition) is 0. The van der Waals surface area contributed by atoms with E-state index in [-0.39, 0.29) is 17.2 Å². The molecule has 0 saturated heterocycles. The number of benzene rings is 2. The van der Waals surface area contributed by atoms with Crippen LogP contribution in [-0.2, 0) is 4.75 Å². The van der Waals surface area contributed by atoms with Crippen LogP contribution in [0.3, 0.4) is 0 Å². The van der Waals surface area contributed by atoms with E-state index in [9.17, 15) is 0 Å². The van der Waals surface area contributed by atoms with Crippen LogP contribution >= 0.6 is 24.2 Å². The first-order valence-electron chi connectivity index (χ1n) is 8.11. The zero-order valence-corrected chi connectivity index (χ0v) is 15.8. The molecule has 0 fully saturated rings. The largest absolute Gasteiger partial charge is 0.309 e. The van der Waals surface area contributed by atoms with Crippen molar-refractivity contribution in [1.29, 1.82) is 0 Å². The molecule has 0 saturated carbocycles. The van der Waals surface area contributed by atoms with E-state index < -0.39 is 0 Å². The minimum Gasteiger partial charge on any atom is -0.309 e. The monoisotopic (exact) mass is 347 g/mol. The van der Waals surface area contributed by atoms with Crippen molar-refractivity contribution in [3.63, 3.8) is 0 Å². The molecule has 0 spiro atoms. The van der Waals surface area contributed by atoms with Gasteiger partial charge in [-0.3, -0.25) is 0 Å². The SMILES string of the molecule is CC1SC(CCCN(C)C)(c2ccccc2)c2ccccc21.Cl. The van der Waals surface area contributed by atoms with Gasteiger partial charge in [-0.15, -0.1) is 24.2 Å². The van der Waals surface area contributed by atoms with Crippen molar-refractivity contribution in [1.82, 2.24) is 4.90 Å². The highest BCUT2D eigenvalue weighted by atomic mass is 35.5. The van der Waals surface area contributed by atoms with Crippen LogP contribution < -0.4 is 0 Å². The molecule has 2 aromatic carbocycles. The van der Waals surface area contributed by atoms with Crippen LogP contribution in [0.1, 0.15) is 41.7 Å². The fraction of sp³-hybridized carbons (Fsp3) is 0.400. The predicted molar refractivity (Wildman–Crippen MR) is 105 cm³/mol. The van der Waals surface area contributed by atoms with Gasteiger partial charge in [0.05, 0.1) is 4.75 Å². The molecule has 1 aliphatic heterocycles. The number of thioether (sulfide) groups is 1. The van der Waals surface area contributed by atoms with Crippen molar-refractivity contribution in [2.24, 2.45) is 0 Å². The van der Waals surface area contributed by atoms with E-state index in [0.717, 1.165) is 6.54 Å². The van der Waals surface area contributed by atoms with Gasteiger partial charge in [-0.05, 0) is 57.1 Å². The van der Waals surface area contributed by atoms with Crippen LogP contribution in [0.4, 0.5) is 0 Å². The Balaban J connectivity index is 0.00000192. The van der Waals surface area contributed by atoms with E-state index in [0.29, 0.717) is 5.25 Å². The molecule has 0 N–H and O–H groups in total. The molecule has 3 rings (SSSR count). The zero-order chi connectivity index (χ0) is 15.6. The summed E-state index contributed by atoms with van der Waals surface area (Å²) in [5.74, 6) is 0. The van der Waals surface area contributed by atoms with Crippen LogP contribution in [0.5, 0.6) is 0 Å². The number of hydrogen-bond acceptors (Lipinski definition) is 2. The Kier molecular flexibility index (Phi) is 6.19. The average Bonchev–Trinajstić information content (AvgIpc) is 2.82. The lowest BCUT2D eigenvalue weighted by Gasteiger charge is -2.31. The number of halogens is 1. The van der Waals surface area contributed by atoms with Gasteiger partial charge in [0.25, 0.3) is 0 Å². The Morgan fingerprint density at radius 1 is 1.00 bits per heavy atom. The fourth-order valence-corrected chi connectivity index (χ4v) is 5.34. The summed E-state index contributed by atoms with van der Waals surface area (Å²) < 4.78 is 0.118. The summed E-state index contributed by atoms with van der Waals surface area (Å²) in [7, 11) is 4.32. The maximum atomic E-state index is 2.35. The van der Waals surface area contributed by atoms with Gasteiger partial charge < -0.3 is 4.90 Å². The third-order valence-electron chi connectivity index (χ3n) is 4.59. The lowest BCUT2D eigenvalue weighted by Crippen LogP contribution is -2.23. The highest BCUT2D eigenvalue weighted by Gasteiger charge is 2.43. The molecule has 3 heteroatoms. The summed E-state index contributed by atoms with van der Waals surface area (Å²) in [6, 6.07) is 20.1. The maximum absolute atomic E-state index is 2.35. The molecule has 0 radical (unpaired) electrons. The first kappa shape index (κ1) is 18.4. The Hall–Kier alpha value is -0.960. The third kappa shape index (κ3) is 3.60. The van der Waals surface area contributed by atoms with E-state index in [1.807, 2.05) is 0 Å². The maximum Gasteiger partial charge on any atom is 0.0666 e. The molecular formula is C20H26ClNS. The standard InChI is InChI=1S/C20H25NS.ClH/c1-16-18-12-7-8-13-19(18)20(22-16,14-9-15-21(2)3)17-10-5-4-6-11-17;/h4-8,10-13,16H,9,14-15H2,1-3H3;1H. The first-order chi connectivity index (χ1) is 10.6. The van der Waals surface area contributed by atoms with Crippen LogP contribution in [0.2, 0.25) is 0 Å². The summed E-state index contributed by atoms with van der Waals surface area (Å²) >= 11 is 2.13. The zero-order valence-electron chi connectivity index (χ0n) is 14.2. The predicted octanol–water partition coefficient (Wildman–Crippen LogP) is 5.50. The third-order valence-corrected chi connectivity index (χ3v) is 6.26. The van der Waals surface area contributed by atoms with Crippen LogP contribution in [-0.4, -0.2) is 25.5 Å². The van der Waals surface area contributed by atoms with E-state index in [4.69, 9.17) is 0 Å². The normalized spacial score (nSPS) is 22.7. The second-order valence-electron chi connectivity index (χ2n) is 6.45. The Morgan fingerprint density at radius 3 is 2.35 bits per heavy atom. The van der Waals surface area contributed by atoms with E-state index in [1.54, 1.807) is 0 Å². The highest BCUT2D eigenvalue weighted by Crippen LogP contribution is 2.59. The average molecular weight is 348 g/mol. The van der Waals surface area contributed by atoms with Crippen molar-refractivity contribution in [2.45, 2.75) is 29.8 Å². The summed E-state index contributed by atoms with van der Waals surface area (Å²) in [5.41, 5.74) is 4.49. The Morgan fingerprint density at radius 2 is 1.65 bits per heavy atom. The van der Waals surface area contributed by atoms with Gasteiger partial charge in [0.15, 0.2) is 0 Å². The fourth-order valence-electron chi connectivity index (χ4n) is 3.56. The van der Waals surface area contributed by atoms with Crippen LogP contribution in [0.15, 0.2) is 54.6 Å². The van der Waals surface area contributed by atoms with Crippen molar-refractivity contribution in [2.75, 3.05) is 20.6 Å². The Bertz CT molecular complexity index is 629. The first-order valence-corrected chi connectivity index (χ1v) is 8.99. The molecule has 1 heterocycles. The summed E-state index contributed by atoms with van der Waals surface area (Å²) in [4.78, 5) is 2.29. The van der Waals surface area contributed by atoms with Gasteiger partial charge in [0.2, 0.25) is 0 Å². The van der Waals surface area contributed by atoms with Gasteiger partial charge in [-0.25, -0.2) is 0 Å². The van der Waals surface area contributed by atoms with Gasteiger partial charge >= 0.3 is 0 Å². The van der Waals surface area contributed by atoms with Crippen LogP contribution in [0.25, 0.3) is 0 Å². The molecule has 2 aromatic rings. The van der Waals surface area contributed by atoms with E-state index in [1.165, 1.54) is 29.5 Å². The smallest absolute Gasteiger partial charge is 0.0666 e. The van der Waals surface area contributed by atoms with Gasteiger partial charge in [0.1, 0.15) is 0 Å². The number of rotatable bonds is 5. The molecule has 1 aliphatic rings. The number of nitrogens with zero attached hydrogens (tertiary/aromatic N) is 1. The molecule has 124 valence electrons. The lowest BCUT2D eigenvalue weighted by atomic mass is 9.83. The molecule has 2 unspecified atom stereocenters. The highest BCUT2D eigenvalue weighted by molar-refractivity contribution is 8.01.